The van der Waals surface area contributed by atoms with Crippen LogP contribution in [0.3, 0.4) is 0 Å². The molecule has 2 aromatic rings. The highest BCUT2D eigenvalue weighted by Gasteiger charge is 2.19. The van der Waals surface area contributed by atoms with Crippen LogP contribution in [-0.4, -0.2) is 17.1 Å². The Morgan fingerprint density at radius 3 is 2.60 bits per heavy atom. The first-order valence-electron chi connectivity index (χ1n) is 6.73. The minimum Gasteiger partial charge on any atom is -0.508 e. The summed E-state index contributed by atoms with van der Waals surface area (Å²) < 4.78 is 0. The van der Waals surface area contributed by atoms with Gasteiger partial charge in [-0.2, -0.15) is 0 Å². The minimum absolute atomic E-state index is 0.101. The number of nitrogens with two attached hydrogens (primary N) is 1. The van der Waals surface area contributed by atoms with Gasteiger partial charge in [0.05, 0.1) is 6.04 Å². The van der Waals surface area contributed by atoms with Crippen molar-refractivity contribution in [1.82, 2.24) is 5.32 Å². The predicted octanol–water partition coefficient (Wildman–Crippen LogP) is 2.14. The van der Waals surface area contributed by atoms with Crippen molar-refractivity contribution < 1.29 is 9.90 Å². The molecule has 20 heavy (non-hydrogen) atoms. The van der Waals surface area contributed by atoms with Crippen LogP contribution in [0, 0.1) is 5.92 Å². The Bertz CT molecular complexity index is 623. The van der Waals surface area contributed by atoms with E-state index in [9.17, 15) is 9.90 Å². The number of hydrogen-bond acceptors (Lipinski definition) is 3. The van der Waals surface area contributed by atoms with Gasteiger partial charge in [0, 0.05) is 12.1 Å². The SMILES string of the molecule is CC(C)C(NCc1c(O)ccc2ccccc12)C(N)=O. The molecule has 0 spiro atoms. The summed E-state index contributed by atoms with van der Waals surface area (Å²) in [5, 5.41) is 15.2. The van der Waals surface area contributed by atoms with Crippen molar-refractivity contribution in [2.75, 3.05) is 0 Å². The summed E-state index contributed by atoms with van der Waals surface area (Å²) in [5.74, 6) is -0.0486. The molecule has 0 aliphatic heterocycles. The van der Waals surface area contributed by atoms with E-state index in [0.717, 1.165) is 16.3 Å². The lowest BCUT2D eigenvalue weighted by Crippen LogP contribution is -2.44. The minimum atomic E-state index is -0.409. The average molecular weight is 272 g/mol. The number of phenolic OH excluding ortho intramolecular Hbond substituents is 1. The molecule has 0 fully saturated rings. The van der Waals surface area contributed by atoms with Gasteiger partial charge < -0.3 is 16.2 Å². The number of carbonyl (C=O) groups is 1. The van der Waals surface area contributed by atoms with Crippen LogP contribution < -0.4 is 11.1 Å². The number of hydrogen-bond donors (Lipinski definition) is 3. The molecule has 0 aliphatic carbocycles. The topological polar surface area (TPSA) is 75.3 Å². The first-order chi connectivity index (χ1) is 9.50. The molecular weight excluding hydrogens is 252 g/mol. The van der Waals surface area contributed by atoms with Gasteiger partial charge in [-0.3, -0.25) is 4.79 Å². The molecule has 0 aromatic heterocycles. The van der Waals surface area contributed by atoms with E-state index in [0.29, 0.717) is 6.54 Å². The summed E-state index contributed by atoms with van der Waals surface area (Å²) in [7, 11) is 0. The highest BCUT2D eigenvalue weighted by molar-refractivity contribution is 5.87. The van der Waals surface area contributed by atoms with Crippen LogP contribution in [0.5, 0.6) is 5.75 Å². The number of phenols is 1. The van der Waals surface area contributed by atoms with E-state index in [1.54, 1.807) is 6.07 Å². The van der Waals surface area contributed by atoms with Crippen molar-refractivity contribution in [1.29, 1.82) is 0 Å². The third kappa shape index (κ3) is 2.91. The van der Waals surface area contributed by atoms with Crippen molar-refractivity contribution in [2.45, 2.75) is 26.4 Å². The number of benzene rings is 2. The Labute approximate surface area is 118 Å². The van der Waals surface area contributed by atoms with Gasteiger partial charge in [-0.15, -0.1) is 0 Å². The Morgan fingerprint density at radius 2 is 1.95 bits per heavy atom. The van der Waals surface area contributed by atoms with Gasteiger partial charge in [-0.1, -0.05) is 44.2 Å². The third-order valence-electron chi connectivity index (χ3n) is 3.49. The lowest BCUT2D eigenvalue weighted by molar-refractivity contribution is -0.121. The quantitative estimate of drug-likeness (QED) is 0.780. The fourth-order valence-corrected chi connectivity index (χ4v) is 2.39. The highest BCUT2D eigenvalue weighted by Crippen LogP contribution is 2.27. The first kappa shape index (κ1) is 14.3. The number of amides is 1. The fourth-order valence-electron chi connectivity index (χ4n) is 2.39. The molecule has 1 unspecified atom stereocenters. The molecule has 4 nitrogen and oxygen atoms in total. The first-order valence-corrected chi connectivity index (χ1v) is 6.73. The lowest BCUT2D eigenvalue weighted by Gasteiger charge is -2.20. The monoisotopic (exact) mass is 272 g/mol. The van der Waals surface area contributed by atoms with Crippen LogP contribution in [-0.2, 0) is 11.3 Å². The van der Waals surface area contributed by atoms with Crippen LogP contribution in [0.25, 0.3) is 10.8 Å². The molecular formula is C16H20N2O2. The Kier molecular flexibility index (Phi) is 4.25. The smallest absolute Gasteiger partial charge is 0.234 e. The molecule has 1 atom stereocenters. The van der Waals surface area contributed by atoms with Gasteiger partial charge in [0.2, 0.25) is 5.91 Å². The normalized spacial score (nSPS) is 12.8. The number of aromatic hydroxyl groups is 1. The molecule has 2 rings (SSSR count). The predicted molar refractivity (Wildman–Crippen MR) is 80.3 cm³/mol. The average Bonchev–Trinajstić information content (AvgIpc) is 2.40. The van der Waals surface area contributed by atoms with E-state index in [2.05, 4.69) is 5.32 Å². The van der Waals surface area contributed by atoms with Crippen molar-refractivity contribution in [2.24, 2.45) is 11.7 Å². The van der Waals surface area contributed by atoms with Crippen molar-refractivity contribution >= 4 is 16.7 Å². The van der Waals surface area contributed by atoms with Crippen LogP contribution in [0.4, 0.5) is 0 Å². The number of carbonyl (C=O) groups excluding carboxylic acids is 1. The van der Waals surface area contributed by atoms with Gasteiger partial charge in [0.25, 0.3) is 0 Å². The van der Waals surface area contributed by atoms with E-state index in [-0.39, 0.29) is 17.6 Å². The zero-order chi connectivity index (χ0) is 14.7. The largest absolute Gasteiger partial charge is 0.508 e. The maximum Gasteiger partial charge on any atom is 0.234 e. The maximum absolute atomic E-state index is 11.4. The van der Waals surface area contributed by atoms with Gasteiger partial charge >= 0.3 is 0 Å². The van der Waals surface area contributed by atoms with Gasteiger partial charge in [0.15, 0.2) is 0 Å². The summed E-state index contributed by atoms with van der Waals surface area (Å²) >= 11 is 0. The highest BCUT2D eigenvalue weighted by atomic mass is 16.3. The number of nitrogens with one attached hydrogen (secondary N) is 1. The lowest BCUT2D eigenvalue weighted by atomic mass is 10.0. The van der Waals surface area contributed by atoms with Gasteiger partial charge in [-0.05, 0) is 22.8 Å². The second-order valence-corrected chi connectivity index (χ2v) is 5.29. The fraction of sp³-hybridized carbons (Fsp3) is 0.312. The molecule has 106 valence electrons. The van der Waals surface area contributed by atoms with Crippen molar-refractivity contribution in [3.8, 4) is 5.75 Å². The Morgan fingerprint density at radius 1 is 1.25 bits per heavy atom. The second kappa shape index (κ2) is 5.92. The summed E-state index contributed by atoms with van der Waals surface area (Å²) in [5.41, 5.74) is 6.18. The molecule has 2 aromatic carbocycles. The van der Waals surface area contributed by atoms with Gasteiger partial charge in [0.1, 0.15) is 5.75 Å². The molecule has 4 heteroatoms. The summed E-state index contributed by atoms with van der Waals surface area (Å²) in [6, 6.07) is 11.0. The van der Waals surface area contributed by atoms with Gasteiger partial charge in [-0.25, -0.2) is 0 Å². The Balaban J connectivity index is 2.29. The number of fused-ring (bicyclic) bond motifs is 1. The number of rotatable bonds is 5. The van der Waals surface area contributed by atoms with E-state index in [1.165, 1.54) is 0 Å². The van der Waals surface area contributed by atoms with E-state index < -0.39 is 6.04 Å². The second-order valence-electron chi connectivity index (χ2n) is 5.29. The van der Waals surface area contributed by atoms with Crippen LogP contribution in [0.2, 0.25) is 0 Å². The molecule has 0 radical (unpaired) electrons. The van der Waals surface area contributed by atoms with E-state index in [1.807, 2.05) is 44.2 Å². The molecule has 0 bridgehead atoms. The van der Waals surface area contributed by atoms with E-state index in [4.69, 9.17) is 5.73 Å². The molecule has 0 heterocycles. The Hall–Kier alpha value is -2.07. The molecule has 0 saturated heterocycles. The maximum atomic E-state index is 11.4. The summed E-state index contributed by atoms with van der Waals surface area (Å²) in [6.07, 6.45) is 0. The molecule has 4 N–H and O–H groups in total. The van der Waals surface area contributed by atoms with E-state index >= 15 is 0 Å². The summed E-state index contributed by atoms with van der Waals surface area (Å²) in [4.78, 5) is 11.4. The zero-order valence-corrected chi connectivity index (χ0v) is 11.8. The van der Waals surface area contributed by atoms with Crippen LogP contribution in [0.15, 0.2) is 36.4 Å². The third-order valence-corrected chi connectivity index (χ3v) is 3.49. The molecule has 1 amide bonds. The standard InChI is InChI=1S/C16H20N2O2/c1-10(2)15(16(17)20)18-9-13-12-6-4-3-5-11(12)7-8-14(13)19/h3-8,10,15,18-19H,9H2,1-2H3,(H2,17,20). The molecule has 0 saturated carbocycles. The summed E-state index contributed by atoms with van der Waals surface area (Å²) in [6.45, 7) is 4.27. The van der Waals surface area contributed by atoms with Crippen LogP contribution >= 0.6 is 0 Å². The molecule has 0 aliphatic rings. The van der Waals surface area contributed by atoms with Crippen LogP contribution in [0.1, 0.15) is 19.4 Å². The van der Waals surface area contributed by atoms with Crippen molar-refractivity contribution in [3.05, 3.63) is 42.0 Å². The van der Waals surface area contributed by atoms with Crippen molar-refractivity contribution in [3.63, 3.8) is 0 Å². The number of primary amides is 1. The zero-order valence-electron chi connectivity index (χ0n) is 11.8.